The fourth-order valence-corrected chi connectivity index (χ4v) is 4.20. The number of H-pyrrole nitrogens is 1. The summed E-state index contributed by atoms with van der Waals surface area (Å²) in [7, 11) is 3.29. The van der Waals surface area contributed by atoms with Crippen molar-refractivity contribution in [2.75, 3.05) is 20.8 Å². The lowest BCUT2D eigenvalue weighted by atomic mass is 10.0. The number of nitrogens with zero attached hydrogens (tertiary/aromatic N) is 3. The fourth-order valence-electron chi connectivity index (χ4n) is 4.20. The Morgan fingerprint density at radius 3 is 2.75 bits per heavy atom. The SMILES string of the molecule is COc1ccc(-c2[nH]ncc2CN2CCCC2c2c(C)noc2C)cc1OC. The quantitative estimate of drug-likeness (QED) is 0.693. The highest BCUT2D eigenvalue weighted by Crippen LogP contribution is 2.38. The van der Waals surface area contributed by atoms with Crippen molar-refractivity contribution in [1.82, 2.24) is 20.3 Å². The second-order valence-corrected chi connectivity index (χ2v) is 7.21. The second kappa shape index (κ2) is 7.67. The molecule has 3 heterocycles. The van der Waals surface area contributed by atoms with Gasteiger partial charge in [0.15, 0.2) is 11.5 Å². The van der Waals surface area contributed by atoms with Crippen molar-refractivity contribution in [3.05, 3.63) is 47.0 Å². The average Bonchev–Trinajstić information content (AvgIpc) is 3.43. The van der Waals surface area contributed by atoms with Crippen LogP contribution in [-0.4, -0.2) is 41.0 Å². The molecule has 3 aromatic rings. The van der Waals surface area contributed by atoms with E-state index in [2.05, 4.69) is 20.3 Å². The van der Waals surface area contributed by atoms with Crippen LogP contribution in [0.4, 0.5) is 0 Å². The van der Waals surface area contributed by atoms with Crippen LogP contribution in [0.15, 0.2) is 28.9 Å². The first-order chi connectivity index (χ1) is 13.6. The number of aromatic nitrogens is 3. The molecule has 7 heteroatoms. The molecule has 1 saturated heterocycles. The zero-order chi connectivity index (χ0) is 19.7. The maximum absolute atomic E-state index is 5.45. The number of hydrogen-bond acceptors (Lipinski definition) is 6. The van der Waals surface area contributed by atoms with Gasteiger partial charge in [0, 0.05) is 29.3 Å². The minimum absolute atomic E-state index is 0.333. The van der Waals surface area contributed by atoms with Gasteiger partial charge in [-0.3, -0.25) is 10.00 Å². The first-order valence-corrected chi connectivity index (χ1v) is 9.53. The monoisotopic (exact) mass is 382 g/mol. The molecule has 1 aliphatic rings. The van der Waals surface area contributed by atoms with Crippen LogP contribution >= 0.6 is 0 Å². The Labute approximate surface area is 164 Å². The normalized spacial score (nSPS) is 17.2. The summed E-state index contributed by atoms with van der Waals surface area (Å²) in [5.41, 5.74) is 5.41. The summed E-state index contributed by atoms with van der Waals surface area (Å²) in [4.78, 5) is 2.49. The molecule has 0 spiro atoms. The van der Waals surface area contributed by atoms with Gasteiger partial charge < -0.3 is 14.0 Å². The van der Waals surface area contributed by atoms with E-state index >= 15 is 0 Å². The van der Waals surface area contributed by atoms with E-state index in [-0.39, 0.29) is 0 Å². The molecule has 0 amide bonds. The van der Waals surface area contributed by atoms with Crippen LogP contribution in [0.2, 0.25) is 0 Å². The van der Waals surface area contributed by atoms with E-state index in [1.54, 1.807) is 14.2 Å². The van der Waals surface area contributed by atoms with Gasteiger partial charge in [0.25, 0.3) is 0 Å². The summed E-state index contributed by atoms with van der Waals surface area (Å²) < 4.78 is 16.2. The highest BCUT2D eigenvalue weighted by molar-refractivity contribution is 5.66. The molecule has 0 radical (unpaired) electrons. The fraction of sp³-hybridized carbons (Fsp3) is 0.429. The molecule has 0 bridgehead atoms. The predicted octanol–water partition coefficient (Wildman–Crippen LogP) is 4.04. The van der Waals surface area contributed by atoms with Crippen LogP contribution < -0.4 is 9.47 Å². The van der Waals surface area contributed by atoms with Gasteiger partial charge in [0.05, 0.1) is 31.8 Å². The number of methoxy groups -OCH3 is 2. The molecule has 7 nitrogen and oxygen atoms in total. The number of hydrogen-bond donors (Lipinski definition) is 1. The molecular formula is C21H26N4O3. The maximum Gasteiger partial charge on any atom is 0.161 e. The number of aromatic amines is 1. The lowest BCUT2D eigenvalue weighted by Crippen LogP contribution is -2.23. The standard InChI is InChI=1S/C21H26N4O3/c1-13-20(14(2)28-24-13)17-6-5-9-25(17)12-16-11-22-23-21(16)15-7-8-18(26-3)19(10-15)27-4/h7-8,10-11,17H,5-6,9,12H2,1-4H3,(H,22,23). The molecule has 1 N–H and O–H groups in total. The number of likely N-dealkylation sites (tertiary alicyclic amines) is 1. The Kier molecular flexibility index (Phi) is 5.09. The van der Waals surface area contributed by atoms with Gasteiger partial charge in [-0.2, -0.15) is 5.10 Å². The zero-order valence-electron chi connectivity index (χ0n) is 16.8. The zero-order valence-corrected chi connectivity index (χ0v) is 16.8. The van der Waals surface area contributed by atoms with Gasteiger partial charge in [0.1, 0.15) is 5.76 Å². The van der Waals surface area contributed by atoms with Crippen molar-refractivity contribution in [1.29, 1.82) is 0 Å². The van der Waals surface area contributed by atoms with E-state index in [0.717, 1.165) is 54.2 Å². The first kappa shape index (κ1) is 18.6. The van der Waals surface area contributed by atoms with Crippen LogP contribution in [0.25, 0.3) is 11.3 Å². The van der Waals surface area contributed by atoms with E-state index in [4.69, 9.17) is 14.0 Å². The molecule has 0 aliphatic carbocycles. The molecule has 2 aromatic heterocycles. The average molecular weight is 382 g/mol. The summed E-state index contributed by atoms with van der Waals surface area (Å²) in [6.45, 7) is 5.88. The Balaban J connectivity index is 1.61. The number of nitrogens with one attached hydrogen (secondary N) is 1. The van der Waals surface area contributed by atoms with E-state index in [9.17, 15) is 0 Å². The van der Waals surface area contributed by atoms with Crippen molar-refractivity contribution in [3.63, 3.8) is 0 Å². The van der Waals surface area contributed by atoms with Gasteiger partial charge in [-0.25, -0.2) is 0 Å². The summed E-state index contributed by atoms with van der Waals surface area (Å²) >= 11 is 0. The third-order valence-corrected chi connectivity index (χ3v) is 5.55. The Morgan fingerprint density at radius 1 is 1.21 bits per heavy atom. The van der Waals surface area contributed by atoms with E-state index in [0.29, 0.717) is 17.5 Å². The van der Waals surface area contributed by atoms with Crippen molar-refractivity contribution in [2.24, 2.45) is 0 Å². The number of ether oxygens (including phenoxy) is 2. The van der Waals surface area contributed by atoms with Gasteiger partial charge in [-0.05, 0) is 51.4 Å². The van der Waals surface area contributed by atoms with Crippen LogP contribution in [0.3, 0.4) is 0 Å². The molecule has 148 valence electrons. The lowest BCUT2D eigenvalue weighted by Gasteiger charge is -2.24. The number of benzene rings is 1. The summed E-state index contributed by atoms with van der Waals surface area (Å²) in [5.74, 6) is 2.34. The minimum Gasteiger partial charge on any atom is -0.493 e. The summed E-state index contributed by atoms with van der Waals surface area (Å²) in [5, 5.41) is 11.6. The predicted molar refractivity (Wildman–Crippen MR) is 105 cm³/mol. The Morgan fingerprint density at radius 2 is 2.04 bits per heavy atom. The van der Waals surface area contributed by atoms with Gasteiger partial charge in [0.2, 0.25) is 0 Å². The summed E-state index contributed by atoms with van der Waals surface area (Å²) in [6, 6.07) is 6.25. The third kappa shape index (κ3) is 3.26. The van der Waals surface area contributed by atoms with Crippen LogP contribution in [0.5, 0.6) is 11.5 Å². The number of rotatable bonds is 6. The lowest BCUT2D eigenvalue weighted by molar-refractivity contribution is 0.246. The third-order valence-electron chi connectivity index (χ3n) is 5.55. The van der Waals surface area contributed by atoms with E-state index in [1.165, 1.54) is 5.56 Å². The topological polar surface area (TPSA) is 76.4 Å². The van der Waals surface area contributed by atoms with Crippen molar-refractivity contribution in [3.8, 4) is 22.8 Å². The van der Waals surface area contributed by atoms with E-state index in [1.807, 2.05) is 38.2 Å². The molecule has 1 fully saturated rings. The first-order valence-electron chi connectivity index (χ1n) is 9.53. The molecule has 1 aliphatic heterocycles. The molecule has 4 rings (SSSR count). The highest BCUT2D eigenvalue weighted by Gasteiger charge is 2.31. The van der Waals surface area contributed by atoms with Crippen LogP contribution in [0, 0.1) is 13.8 Å². The van der Waals surface area contributed by atoms with Crippen molar-refractivity contribution in [2.45, 2.75) is 39.3 Å². The number of aryl methyl sites for hydroxylation is 2. The molecule has 28 heavy (non-hydrogen) atoms. The Bertz CT molecular complexity index is 943. The largest absolute Gasteiger partial charge is 0.493 e. The summed E-state index contributed by atoms with van der Waals surface area (Å²) in [6.07, 6.45) is 4.19. The molecule has 1 unspecified atom stereocenters. The second-order valence-electron chi connectivity index (χ2n) is 7.21. The van der Waals surface area contributed by atoms with E-state index < -0.39 is 0 Å². The minimum atomic E-state index is 0.333. The van der Waals surface area contributed by atoms with Gasteiger partial charge in [-0.1, -0.05) is 5.16 Å². The molecule has 0 saturated carbocycles. The molecular weight excluding hydrogens is 356 g/mol. The molecule has 1 atom stereocenters. The highest BCUT2D eigenvalue weighted by atomic mass is 16.5. The smallest absolute Gasteiger partial charge is 0.161 e. The maximum atomic E-state index is 5.45. The molecule has 1 aromatic carbocycles. The van der Waals surface area contributed by atoms with Crippen molar-refractivity contribution >= 4 is 0 Å². The van der Waals surface area contributed by atoms with Crippen LogP contribution in [0.1, 0.15) is 41.5 Å². The van der Waals surface area contributed by atoms with Gasteiger partial charge in [-0.15, -0.1) is 0 Å². The van der Waals surface area contributed by atoms with Crippen molar-refractivity contribution < 1.29 is 14.0 Å². The van der Waals surface area contributed by atoms with Crippen LogP contribution in [-0.2, 0) is 6.54 Å². The van der Waals surface area contributed by atoms with Gasteiger partial charge >= 0.3 is 0 Å². The Hall–Kier alpha value is -2.80.